The van der Waals surface area contributed by atoms with Crippen molar-refractivity contribution in [1.82, 2.24) is 13.7 Å². The number of fused-ring (bicyclic) bond motifs is 2. The summed E-state index contributed by atoms with van der Waals surface area (Å²) in [7, 11) is 0. The maximum absolute atomic E-state index is 12.2. The van der Waals surface area contributed by atoms with Crippen molar-refractivity contribution in [3.63, 3.8) is 0 Å². The van der Waals surface area contributed by atoms with E-state index < -0.39 is 0 Å². The van der Waals surface area contributed by atoms with Gasteiger partial charge in [-0.2, -0.15) is 8.75 Å². The molecule has 6 heteroatoms. The van der Waals surface area contributed by atoms with Crippen molar-refractivity contribution >= 4 is 23.3 Å². The number of carbonyl (C=O) groups excluding carboxylic acids is 2. The van der Waals surface area contributed by atoms with Gasteiger partial charge in [-0.25, -0.2) is 0 Å². The third-order valence-electron chi connectivity index (χ3n) is 2.83. The van der Waals surface area contributed by atoms with Crippen LogP contribution in [0, 0.1) is 13.8 Å². The highest BCUT2D eigenvalue weighted by Crippen LogP contribution is 2.29. The Morgan fingerprint density at radius 2 is 1.59 bits per heavy atom. The number of ketones is 2. The minimum Gasteiger partial charge on any atom is -0.287 e. The van der Waals surface area contributed by atoms with Gasteiger partial charge >= 0.3 is 0 Å². The Bertz CT molecular complexity index is 620. The Hall–Kier alpha value is -1.95. The topological polar surface area (TPSA) is 72.8 Å². The van der Waals surface area contributed by atoms with Gasteiger partial charge in [0, 0.05) is 17.5 Å². The lowest BCUT2D eigenvalue weighted by molar-refractivity contribution is 0.0972. The average Bonchev–Trinajstić information content (AvgIpc) is 2.78. The molecule has 0 radical (unpaired) electrons. The molecule has 0 saturated carbocycles. The van der Waals surface area contributed by atoms with Crippen LogP contribution in [0.3, 0.4) is 0 Å². The highest BCUT2D eigenvalue weighted by Gasteiger charge is 2.35. The molecule has 0 spiro atoms. The van der Waals surface area contributed by atoms with Gasteiger partial charge in [0.2, 0.25) is 11.6 Å². The van der Waals surface area contributed by atoms with Crippen molar-refractivity contribution in [3.05, 3.63) is 40.0 Å². The largest absolute Gasteiger partial charge is 0.287 e. The summed E-state index contributed by atoms with van der Waals surface area (Å²) in [6.45, 7) is 3.48. The van der Waals surface area contributed by atoms with Gasteiger partial charge in [0.25, 0.3) is 0 Å². The zero-order valence-electron chi connectivity index (χ0n) is 9.14. The van der Waals surface area contributed by atoms with Gasteiger partial charge in [-0.1, -0.05) is 0 Å². The van der Waals surface area contributed by atoms with Crippen LogP contribution in [0.25, 0.3) is 0 Å². The van der Waals surface area contributed by atoms with Crippen molar-refractivity contribution in [1.29, 1.82) is 0 Å². The molecule has 0 aromatic carbocycles. The predicted octanol–water partition coefficient (Wildman–Crippen LogP) is 1.33. The molecular weight excluding hydrogens is 238 g/mol. The van der Waals surface area contributed by atoms with Crippen molar-refractivity contribution in [3.8, 4) is 0 Å². The van der Waals surface area contributed by atoms with Crippen LogP contribution in [0.5, 0.6) is 0 Å². The molecule has 2 aromatic rings. The summed E-state index contributed by atoms with van der Waals surface area (Å²) >= 11 is 0.883. The predicted molar refractivity (Wildman–Crippen MR) is 60.5 cm³/mol. The molecule has 1 aliphatic carbocycles. The molecule has 0 amide bonds. The van der Waals surface area contributed by atoms with Crippen LogP contribution < -0.4 is 0 Å². The minimum atomic E-state index is -0.253. The fourth-order valence-electron chi connectivity index (χ4n) is 1.99. The molecule has 0 saturated heterocycles. The van der Waals surface area contributed by atoms with Gasteiger partial charge in [-0.15, -0.1) is 0 Å². The van der Waals surface area contributed by atoms with Crippen molar-refractivity contribution in [2.75, 3.05) is 0 Å². The SMILES string of the molecule is Cc1cnc(C)c2c1C(=O)c1nsnc1C2=O. The maximum atomic E-state index is 12.2. The molecule has 1 aliphatic rings. The van der Waals surface area contributed by atoms with Crippen molar-refractivity contribution < 1.29 is 9.59 Å². The lowest BCUT2D eigenvalue weighted by Crippen LogP contribution is -2.23. The van der Waals surface area contributed by atoms with Gasteiger partial charge in [0.05, 0.1) is 17.3 Å². The number of nitrogens with zero attached hydrogens (tertiary/aromatic N) is 3. The van der Waals surface area contributed by atoms with Crippen molar-refractivity contribution in [2.45, 2.75) is 13.8 Å². The molecule has 2 heterocycles. The second-order valence-electron chi connectivity index (χ2n) is 3.90. The van der Waals surface area contributed by atoms with Crippen LogP contribution in [0.2, 0.25) is 0 Å². The Labute approximate surface area is 101 Å². The monoisotopic (exact) mass is 245 g/mol. The van der Waals surface area contributed by atoms with Gasteiger partial charge in [-0.3, -0.25) is 14.6 Å². The van der Waals surface area contributed by atoms with Crippen LogP contribution in [0.4, 0.5) is 0 Å². The molecule has 5 nitrogen and oxygen atoms in total. The molecule has 0 atom stereocenters. The number of aromatic nitrogens is 3. The van der Waals surface area contributed by atoms with Crippen LogP contribution >= 0.6 is 11.7 Å². The summed E-state index contributed by atoms with van der Waals surface area (Å²) in [6, 6.07) is 0. The molecule has 3 rings (SSSR count). The third-order valence-corrected chi connectivity index (χ3v) is 3.36. The zero-order valence-corrected chi connectivity index (χ0v) is 9.96. The van der Waals surface area contributed by atoms with E-state index in [2.05, 4.69) is 13.7 Å². The zero-order chi connectivity index (χ0) is 12.2. The first-order chi connectivity index (χ1) is 8.11. The molecule has 2 aromatic heterocycles. The maximum Gasteiger partial charge on any atom is 0.217 e. The number of hydrogen-bond acceptors (Lipinski definition) is 6. The molecule has 0 N–H and O–H groups in total. The third kappa shape index (κ3) is 1.21. The number of pyridine rings is 1. The first-order valence-corrected chi connectivity index (χ1v) is 5.72. The molecule has 0 aliphatic heterocycles. The minimum absolute atomic E-state index is 0.156. The summed E-state index contributed by atoms with van der Waals surface area (Å²) in [5, 5.41) is 0. The lowest BCUT2D eigenvalue weighted by atomic mass is 9.87. The van der Waals surface area contributed by atoms with E-state index in [1.54, 1.807) is 20.0 Å². The number of hydrogen-bond donors (Lipinski definition) is 0. The van der Waals surface area contributed by atoms with E-state index in [9.17, 15) is 9.59 Å². The van der Waals surface area contributed by atoms with Crippen LogP contribution in [-0.4, -0.2) is 25.3 Å². The van der Waals surface area contributed by atoms with Gasteiger partial charge < -0.3 is 0 Å². The van der Waals surface area contributed by atoms with E-state index in [0.29, 0.717) is 22.4 Å². The first-order valence-electron chi connectivity index (χ1n) is 4.99. The Balaban J connectivity index is 2.42. The number of carbonyl (C=O) groups is 2. The summed E-state index contributed by atoms with van der Waals surface area (Å²) in [4.78, 5) is 28.5. The van der Waals surface area contributed by atoms with Crippen LogP contribution in [0.1, 0.15) is 43.4 Å². The molecule has 0 bridgehead atoms. The quantitative estimate of drug-likeness (QED) is 0.597. The van der Waals surface area contributed by atoms with Crippen molar-refractivity contribution in [2.24, 2.45) is 0 Å². The summed E-state index contributed by atoms with van der Waals surface area (Å²) in [5.41, 5.74) is 2.37. The highest BCUT2D eigenvalue weighted by molar-refractivity contribution is 6.99. The lowest BCUT2D eigenvalue weighted by Gasteiger charge is -2.15. The Morgan fingerprint density at radius 3 is 2.24 bits per heavy atom. The summed E-state index contributed by atoms with van der Waals surface area (Å²) < 4.78 is 7.79. The fraction of sp³-hybridized carbons (Fsp3) is 0.182. The van der Waals surface area contributed by atoms with Gasteiger partial charge in [0.15, 0.2) is 11.4 Å². The van der Waals surface area contributed by atoms with Gasteiger partial charge in [0.1, 0.15) is 0 Å². The molecule has 84 valence electrons. The van der Waals surface area contributed by atoms with E-state index in [4.69, 9.17) is 0 Å². The van der Waals surface area contributed by atoms with E-state index in [0.717, 1.165) is 11.7 Å². The summed E-state index contributed by atoms with van der Waals surface area (Å²) in [6.07, 6.45) is 1.60. The normalized spacial score (nSPS) is 13.5. The van der Waals surface area contributed by atoms with Crippen LogP contribution in [0.15, 0.2) is 6.20 Å². The summed E-state index contributed by atoms with van der Waals surface area (Å²) in [5.74, 6) is -0.483. The van der Waals surface area contributed by atoms with E-state index in [1.165, 1.54) is 0 Å². The van der Waals surface area contributed by atoms with E-state index >= 15 is 0 Å². The second-order valence-corrected chi connectivity index (χ2v) is 4.42. The Morgan fingerprint density at radius 1 is 1.00 bits per heavy atom. The first kappa shape index (κ1) is 10.2. The molecule has 0 fully saturated rings. The smallest absolute Gasteiger partial charge is 0.217 e. The molecular formula is C11H7N3O2S. The average molecular weight is 245 g/mol. The molecule has 17 heavy (non-hydrogen) atoms. The van der Waals surface area contributed by atoms with Crippen LogP contribution in [-0.2, 0) is 0 Å². The fourth-order valence-corrected chi connectivity index (χ4v) is 2.54. The second kappa shape index (κ2) is 3.27. The Kier molecular flexibility index (Phi) is 1.97. The van der Waals surface area contributed by atoms with E-state index in [-0.39, 0.29) is 23.0 Å². The number of rotatable bonds is 0. The number of aryl methyl sites for hydroxylation is 2. The molecule has 0 unspecified atom stereocenters. The highest BCUT2D eigenvalue weighted by atomic mass is 32.1. The standard InChI is InChI=1S/C11H7N3O2S/c1-4-3-12-5(2)7-6(4)10(15)8-9(11(7)16)14-17-13-8/h3H,1-2H3. The van der Waals surface area contributed by atoms with Gasteiger partial charge in [-0.05, 0) is 19.4 Å². The van der Waals surface area contributed by atoms with E-state index in [1.807, 2.05) is 0 Å².